The van der Waals surface area contributed by atoms with Crippen LogP contribution in [0.15, 0.2) is 31.8 Å². The number of nitrogens with zero attached hydrogens (tertiary/aromatic N) is 6. The van der Waals surface area contributed by atoms with Crippen molar-refractivity contribution in [2.24, 2.45) is 21.1 Å². The molecule has 0 unspecified atom stereocenters. The van der Waals surface area contributed by atoms with Gasteiger partial charge in [-0.3, -0.25) is 13.6 Å². The van der Waals surface area contributed by atoms with Crippen LogP contribution in [-0.2, 0) is 21.1 Å². The van der Waals surface area contributed by atoms with Crippen LogP contribution in [0.25, 0.3) is 33.8 Å². The van der Waals surface area contributed by atoms with E-state index in [1.165, 1.54) is 14.0 Å². The van der Waals surface area contributed by atoms with Gasteiger partial charge in [0, 0.05) is 0 Å². The number of nitrogen functional groups attached to an aromatic ring is 3. The number of hydrogen-bond donors (Lipinski definition) is 3. The third-order valence-corrected chi connectivity index (χ3v) is 4.21. The van der Waals surface area contributed by atoms with Gasteiger partial charge >= 0.3 is 34.7 Å². The largest absolute Gasteiger partial charge is 1.00 e. The average molecular weight is 479 g/mol. The zero-order valence-corrected chi connectivity index (χ0v) is 18.3. The lowest BCUT2D eigenvalue weighted by Crippen LogP contribution is -3.00. The molecule has 30 heavy (non-hydrogen) atoms. The van der Waals surface area contributed by atoms with E-state index in [-0.39, 0.29) is 54.9 Å². The van der Waals surface area contributed by atoms with E-state index in [0.29, 0.717) is 17.1 Å². The topological polar surface area (TPSA) is 168 Å². The highest BCUT2D eigenvalue weighted by atomic mass is 35.5. The molecule has 162 valence electrons. The first-order valence-corrected chi connectivity index (χ1v) is 7.87. The van der Waals surface area contributed by atoms with E-state index in [2.05, 4.69) is 15.8 Å². The minimum atomic E-state index is 0. The SMILES string of the molecule is C[n+]1noc(N)c1-c1cc(-c2c(N)on[n+]2C)cc(-c2c(N)on[n+]2C)c1.[Cl-].[Cl-].[Cl-]. The van der Waals surface area contributed by atoms with Gasteiger partial charge in [0.1, 0.15) is 0 Å². The van der Waals surface area contributed by atoms with Gasteiger partial charge in [-0.25, -0.2) is 0 Å². The van der Waals surface area contributed by atoms with Crippen LogP contribution in [0.2, 0.25) is 0 Å². The number of benzene rings is 1. The molecule has 0 aliphatic heterocycles. The summed E-state index contributed by atoms with van der Waals surface area (Å²) in [4.78, 5) is 0. The number of halogens is 3. The van der Waals surface area contributed by atoms with Crippen molar-refractivity contribution in [3.63, 3.8) is 0 Å². The Balaban J connectivity index is 0.00000150. The molecule has 12 nitrogen and oxygen atoms in total. The molecular formula is C15H18Cl3N9O3. The van der Waals surface area contributed by atoms with E-state index < -0.39 is 0 Å². The van der Waals surface area contributed by atoms with Crippen molar-refractivity contribution in [2.45, 2.75) is 0 Å². The monoisotopic (exact) mass is 477 g/mol. The molecular weight excluding hydrogens is 461 g/mol. The van der Waals surface area contributed by atoms with Crippen molar-refractivity contribution < 1.29 is 64.8 Å². The Morgan fingerprint density at radius 1 is 0.567 bits per heavy atom. The molecule has 0 atom stereocenters. The fourth-order valence-electron chi connectivity index (χ4n) is 3.07. The first kappa shape index (κ1) is 24.9. The molecule has 4 aromatic rings. The Morgan fingerprint density at radius 2 is 0.800 bits per heavy atom. The van der Waals surface area contributed by atoms with Gasteiger partial charge in [0.05, 0.1) is 16.7 Å². The Morgan fingerprint density at radius 3 is 0.967 bits per heavy atom. The Kier molecular flexibility index (Phi) is 7.61. The van der Waals surface area contributed by atoms with Gasteiger partial charge in [0.15, 0.2) is 21.1 Å². The summed E-state index contributed by atoms with van der Waals surface area (Å²) in [5.74, 6) is 0.516. The van der Waals surface area contributed by atoms with Crippen molar-refractivity contribution >= 4 is 17.7 Å². The van der Waals surface area contributed by atoms with E-state index >= 15 is 0 Å². The molecule has 3 aromatic heterocycles. The molecule has 0 fully saturated rings. The standard InChI is InChI=1S/C15H18N9O3.3ClH/c1-22-10(13(16)25-19-22)7-4-8(11-14(17)26-20-23(11)2)6-9(5-7)12-15(18)27-21-24(12)3;;;/h4-6H,16-18H2,1-3H3;3*1H/q+3;;;/p-3. The maximum absolute atomic E-state index is 5.96. The summed E-state index contributed by atoms with van der Waals surface area (Å²) in [7, 11) is 5.18. The summed E-state index contributed by atoms with van der Waals surface area (Å²) in [5.41, 5.74) is 21.8. The second-order valence-electron chi connectivity index (χ2n) is 6.03. The summed E-state index contributed by atoms with van der Waals surface area (Å²) >= 11 is 0. The molecule has 0 aliphatic rings. The lowest BCUT2D eigenvalue weighted by atomic mass is 9.99. The highest BCUT2D eigenvalue weighted by molar-refractivity contribution is 5.81. The summed E-state index contributed by atoms with van der Waals surface area (Å²) in [6.07, 6.45) is 0. The average Bonchev–Trinajstić information content (AvgIpc) is 3.25. The van der Waals surface area contributed by atoms with Gasteiger partial charge in [-0.15, -0.1) is 0 Å². The number of aryl methyl sites for hydroxylation is 3. The van der Waals surface area contributed by atoms with E-state index in [1.54, 1.807) is 21.1 Å². The van der Waals surface area contributed by atoms with Gasteiger partial charge in [0.25, 0.3) is 0 Å². The maximum atomic E-state index is 5.96. The molecule has 4 rings (SSSR count). The maximum Gasteiger partial charge on any atom is 0.304 e. The summed E-state index contributed by atoms with van der Waals surface area (Å²) in [6, 6.07) is 5.62. The van der Waals surface area contributed by atoms with Crippen molar-refractivity contribution in [1.82, 2.24) is 15.8 Å². The summed E-state index contributed by atoms with van der Waals surface area (Å²) < 4.78 is 19.8. The van der Waals surface area contributed by atoms with Crippen molar-refractivity contribution in [1.29, 1.82) is 0 Å². The summed E-state index contributed by atoms with van der Waals surface area (Å²) in [5, 5.41) is 11.5. The molecule has 0 saturated carbocycles. The normalized spacial score (nSPS) is 10.1. The number of rotatable bonds is 3. The van der Waals surface area contributed by atoms with Gasteiger partial charge < -0.3 is 54.4 Å². The first-order chi connectivity index (χ1) is 12.9. The van der Waals surface area contributed by atoms with Crippen LogP contribution in [0.5, 0.6) is 0 Å². The third kappa shape index (κ3) is 3.97. The van der Waals surface area contributed by atoms with Crippen molar-refractivity contribution in [2.75, 3.05) is 17.2 Å². The minimum absolute atomic E-state index is 0. The lowest BCUT2D eigenvalue weighted by Gasteiger charge is -2.02. The van der Waals surface area contributed by atoms with Gasteiger partial charge in [0.2, 0.25) is 15.8 Å². The lowest BCUT2D eigenvalue weighted by molar-refractivity contribution is -0.730. The van der Waals surface area contributed by atoms with Gasteiger partial charge in [-0.2, -0.15) is 0 Å². The van der Waals surface area contributed by atoms with Crippen LogP contribution < -0.4 is 68.5 Å². The fourth-order valence-corrected chi connectivity index (χ4v) is 3.07. The quantitative estimate of drug-likeness (QED) is 0.242. The Hall–Kier alpha value is -3.09. The highest BCUT2D eigenvalue weighted by Crippen LogP contribution is 2.34. The van der Waals surface area contributed by atoms with E-state index in [0.717, 1.165) is 16.7 Å². The van der Waals surface area contributed by atoms with Crippen LogP contribution in [0.4, 0.5) is 17.7 Å². The molecule has 0 amide bonds. The van der Waals surface area contributed by atoms with Gasteiger partial charge in [-0.05, 0) is 32.2 Å². The molecule has 15 heteroatoms. The molecule has 0 spiro atoms. The smallest absolute Gasteiger partial charge is 0.304 e. The number of hydrogen-bond acceptors (Lipinski definition) is 9. The second-order valence-corrected chi connectivity index (χ2v) is 6.03. The van der Waals surface area contributed by atoms with E-state index in [9.17, 15) is 0 Å². The van der Waals surface area contributed by atoms with Crippen LogP contribution in [-0.4, -0.2) is 15.8 Å². The Labute approximate surface area is 188 Å². The molecule has 0 bridgehead atoms. The van der Waals surface area contributed by atoms with E-state index in [4.69, 9.17) is 30.8 Å². The van der Waals surface area contributed by atoms with Crippen molar-refractivity contribution in [3.8, 4) is 33.8 Å². The zero-order valence-electron chi connectivity index (χ0n) is 16.0. The zero-order chi connectivity index (χ0) is 19.3. The predicted molar refractivity (Wildman–Crippen MR) is 89.7 cm³/mol. The first-order valence-electron chi connectivity index (χ1n) is 7.87. The van der Waals surface area contributed by atoms with E-state index in [1.807, 2.05) is 18.2 Å². The predicted octanol–water partition coefficient (Wildman–Crippen LogP) is -10.1. The highest BCUT2D eigenvalue weighted by Gasteiger charge is 2.30. The molecule has 1 aromatic carbocycles. The third-order valence-electron chi connectivity index (χ3n) is 4.21. The number of nitrogens with two attached hydrogens (primary N) is 3. The van der Waals surface area contributed by atoms with Crippen LogP contribution in [0.3, 0.4) is 0 Å². The van der Waals surface area contributed by atoms with Gasteiger partial charge in [-0.1, -0.05) is 0 Å². The minimum Gasteiger partial charge on any atom is -1.00 e. The van der Waals surface area contributed by atoms with Crippen molar-refractivity contribution in [3.05, 3.63) is 18.2 Å². The van der Waals surface area contributed by atoms with Crippen LogP contribution >= 0.6 is 0 Å². The number of anilines is 3. The molecule has 0 saturated heterocycles. The number of aromatic nitrogens is 6. The molecule has 0 radical (unpaired) electrons. The van der Waals surface area contributed by atoms with Crippen LogP contribution in [0, 0.1) is 0 Å². The Bertz CT molecular complexity index is 958. The van der Waals surface area contributed by atoms with Crippen LogP contribution in [0.1, 0.15) is 0 Å². The molecule has 6 N–H and O–H groups in total. The fraction of sp³-hybridized carbons (Fsp3) is 0.200. The molecule has 3 heterocycles. The molecule has 0 aliphatic carbocycles. The summed E-state index contributed by atoms with van der Waals surface area (Å²) in [6.45, 7) is 0. The second kappa shape index (κ2) is 9.15.